The Labute approximate surface area is 77.7 Å². The number of benzene rings is 1. The molecule has 0 saturated heterocycles. The van der Waals surface area contributed by atoms with E-state index < -0.39 is 35.2 Å². The second-order valence-electron chi connectivity index (χ2n) is 3.28. The summed E-state index contributed by atoms with van der Waals surface area (Å²) < 4.78 is 51.8. The second kappa shape index (κ2) is 2.87. The van der Waals surface area contributed by atoms with E-state index in [9.17, 15) is 17.6 Å². The van der Waals surface area contributed by atoms with Crippen LogP contribution < -0.4 is 5.32 Å². The summed E-state index contributed by atoms with van der Waals surface area (Å²) in [5.74, 6) is -4.37. The maximum Gasteiger partial charge on any atom is 0.194 e. The Bertz CT molecular complexity index is 391. The molecule has 0 spiro atoms. The Morgan fingerprint density at radius 1 is 1.21 bits per heavy atom. The van der Waals surface area contributed by atoms with Crippen molar-refractivity contribution in [1.82, 2.24) is 0 Å². The molecule has 0 saturated carbocycles. The first-order chi connectivity index (χ1) is 6.52. The van der Waals surface area contributed by atoms with E-state index >= 15 is 0 Å². The predicted octanol–water partition coefficient (Wildman–Crippen LogP) is 2.93. The van der Waals surface area contributed by atoms with Gasteiger partial charge in [-0.1, -0.05) is 0 Å². The van der Waals surface area contributed by atoms with Gasteiger partial charge < -0.3 is 5.32 Å². The molecule has 0 bridgehead atoms. The Morgan fingerprint density at radius 3 is 2.50 bits per heavy atom. The number of rotatable bonds is 0. The first kappa shape index (κ1) is 9.30. The average molecular weight is 205 g/mol. The molecule has 1 aromatic rings. The SMILES string of the molecule is CC1Nc2cc(F)c(F)c(F)c2C1F. The lowest BCUT2D eigenvalue weighted by molar-refractivity contribution is 0.313. The van der Waals surface area contributed by atoms with Crippen LogP contribution in [-0.2, 0) is 0 Å². The lowest BCUT2D eigenvalue weighted by Crippen LogP contribution is -2.12. The van der Waals surface area contributed by atoms with Crippen molar-refractivity contribution in [3.05, 3.63) is 29.1 Å². The second-order valence-corrected chi connectivity index (χ2v) is 3.28. The molecule has 1 aliphatic heterocycles. The third kappa shape index (κ3) is 1.08. The molecular weight excluding hydrogens is 198 g/mol. The summed E-state index contributed by atoms with van der Waals surface area (Å²) in [5, 5.41) is 2.53. The molecule has 0 fully saturated rings. The smallest absolute Gasteiger partial charge is 0.194 e. The van der Waals surface area contributed by atoms with Crippen molar-refractivity contribution in [3.63, 3.8) is 0 Å². The number of anilines is 1. The zero-order valence-corrected chi connectivity index (χ0v) is 7.24. The molecule has 2 atom stereocenters. The van der Waals surface area contributed by atoms with Gasteiger partial charge in [-0.3, -0.25) is 0 Å². The van der Waals surface area contributed by atoms with E-state index in [-0.39, 0.29) is 5.69 Å². The van der Waals surface area contributed by atoms with E-state index in [1.165, 1.54) is 6.92 Å². The van der Waals surface area contributed by atoms with Crippen LogP contribution in [0, 0.1) is 17.5 Å². The average Bonchev–Trinajstić information content (AvgIpc) is 2.39. The van der Waals surface area contributed by atoms with Crippen LogP contribution >= 0.6 is 0 Å². The molecule has 2 rings (SSSR count). The van der Waals surface area contributed by atoms with Gasteiger partial charge in [0, 0.05) is 11.8 Å². The van der Waals surface area contributed by atoms with E-state index in [1.807, 2.05) is 0 Å². The maximum atomic E-state index is 13.3. The first-order valence-electron chi connectivity index (χ1n) is 4.10. The van der Waals surface area contributed by atoms with Gasteiger partial charge in [0.1, 0.15) is 6.17 Å². The van der Waals surface area contributed by atoms with E-state index in [4.69, 9.17) is 0 Å². The number of fused-ring (bicyclic) bond motifs is 1. The molecule has 0 radical (unpaired) electrons. The van der Waals surface area contributed by atoms with Crippen molar-refractivity contribution in [3.8, 4) is 0 Å². The van der Waals surface area contributed by atoms with E-state index in [0.29, 0.717) is 0 Å². The molecule has 0 amide bonds. The molecule has 1 N–H and O–H groups in total. The summed E-state index contributed by atoms with van der Waals surface area (Å²) in [6.45, 7) is 1.47. The third-order valence-electron chi connectivity index (χ3n) is 2.30. The van der Waals surface area contributed by atoms with Crippen LogP contribution in [0.25, 0.3) is 0 Å². The standard InChI is InChI=1S/C9H7F4N/c1-3-7(11)6-5(14-3)2-4(10)8(12)9(6)13/h2-3,7,14H,1H3. The van der Waals surface area contributed by atoms with Crippen molar-refractivity contribution in [2.24, 2.45) is 0 Å². The van der Waals surface area contributed by atoms with E-state index in [2.05, 4.69) is 5.32 Å². The van der Waals surface area contributed by atoms with Crippen molar-refractivity contribution in [1.29, 1.82) is 0 Å². The van der Waals surface area contributed by atoms with Crippen LogP contribution in [-0.4, -0.2) is 6.04 Å². The number of halogens is 4. The summed E-state index contributed by atoms with van der Waals surface area (Å²) >= 11 is 0. The van der Waals surface area contributed by atoms with Crippen LogP contribution in [0.3, 0.4) is 0 Å². The number of alkyl halides is 1. The fourth-order valence-electron chi connectivity index (χ4n) is 1.57. The summed E-state index contributed by atoms with van der Waals surface area (Å²) in [5.41, 5.74) is -0.433. The predicted molar refractivity (Wildman–Crippen MR) is 43.2 cm³/mol. The maximum absolute atomic E-state index is 13.3. The molecule has 1 aliphatic rings. The van der Waals surface area contributed by atoms with Crippen LogP contribution in [0.15, 0.2) is 6.07 Å². The van der Waals surface area contributed by atoms with Gasteiger partial charge in [0.15, 0.2) is 17.5 Å². The van der Waals surface area contributed by atoms with Gasteiger partial charge in [0.2, 0.25) is 0 Å². The van der Waals surface area contributed by atoms with Crippen molar-refractivity contribution in [2.75, 3.05) is 5.32 Å². The Morgan fingerprint density at radius 2 is 1.86 bits per heavy atom. The molecular formula is C9H7F4N. The molecule has 5 heteroatoms. The molecule has 0 aliphatic carbocycles. The Balaban J connectivity index is 2.65. The van der Waals surface area contributed by atoms with Gasteiger partial charge in [-0.2, -0.15) is 0 Å². The molecule has 14 heavy (non-hydrogen) atoms. The number of nitrogens with one attached hydrogen (secondary N) is 1. The van der Waals surface area contributed by atoms with Crippen molar-refractivity contribution < 1.29 is 17.6 Å². The highest BCUT2D eigenvalue weighted by Gasteiger charge is 2.34. The minimum Gasteiger partial charge on any atom is -0.379 e. The topological polar surface area (TPSA) is 12.0 Å². The van der Waals surface area contributed by atoms with Gasteiger partial charge in [0.25, 0.3) is 0 Å². The molecule has 1 aromatic carbocycles. The summed E-state index contributed by atoms with van der Waals surface area (Å²) in [6, 6.07) is 0.102. The van der Waals surface area contributed by atoms with Gasteiger partial charge in [-0.15, -0.1) is 0 Å². The van der Waals surface area contributed by atoms with Crippen LogP contribution in [0.4, 0.5) is 23.2 Å². The summed E-state index contributed by atoms with van der Waals surface area (Å²) in [6.07, 6.45) is -1.64. The fraction of sp³-hybridized carbons (Fsp3) is 0.333. The Kier molecular flexibility index (Phi) is 1.90. The highest BCUT2D eigenvalue weighted by molar-refractivity contribution is 5.59. The first-order valence-corrected chi connectivity index (χ1v) is 4.10. The number of hydrogen-bond donors (Lipinski definition) is 1. The minimum absolute atomic E-state index is 0.0126. The highest BCUT2D eigenvalue weighted by atomic mass is 19.2. The fourth-order valence-corrected chi connectivity index (χ4v) is 1.57. The van der Waals surface area contributed by atoms with Crippen LogP contribution in [0.1, 0.15) is 18.7 Å². The zero-order chi connectivity index (χ0) is 10.5. The third-order valence-corrected chi connectivity index (χ3v) is 2.30. The van der Waals surface area contributed by atoms with E-state index in [1.54, 1.807) is 0 Å². The molecule has 0 aromatic heterocycles. The zero-order valence-electron chi connectivity index (χ0n) is 7.24. The van der Waals surface area contributed by atoms with Gasteiger partial charge in [0.05, 0.1) is 11.6 Å². The Hall–Kier alpha value is -1.26. The lowest BCUT2D eigenvalue weighted by Gasteiger charge is -2.05. The van der Waals surface area contributed by atoms with Gasteiger partial charge in [-0.05, 0) is 6.92 Å². The van der Waals surface area contributed by atoms with Gasteiger partial charge in [-0.25, -0.2) is 17.6 Å². The molecule has 76 valence electrons. The van der Waals surface area contributed by atoms with Crippen LogP contribution in [0.2, 0.25) is 0 Å². The lowest BCUT2D eigenvalue weighted by atomic mass is 10.1. The van der Waals surface area contributed by atoms with Crippen molar-refractivity contribution in [2.45, 2.75) is 19.1 Å². The highest BCUT2D eigenvalue weighted by Crippen LogP contribution is 2.39. The number of hydrogen-bond acceptors (Lipinski definition) is 1. The largest absolute Gasteiger partial charge is 0.379 e. The molecule has 1 nitrogen and oxygen atoms in total. The van der Waals surface area contributed by atoms with Gasteiger partial charge >= 0.3 is 0 Å². The van der Waals surface area contributed by atoms with Crippen LogP contribution in [0.5, 0.6) is 0 Å². The summed E-state index contributed by atoms with van der Waals surface area (Å²) in [7, 11) is 0. The normalized spacial score (nSPS) is 24.6. The summed E-state index contributed by atoms with van der Waals surface area (Å²) in [4.78, 5) is 0. The molecule has 2 unspecified atom stereocenters. The van der Waals surface area contributed by atoms with E-state index in [0.717, 1.165) is 6.07 Å². The monoisotopic (exact) mass is 205 g/mol. The quantitative estimate of drug-likeness (QED) is 0.507. The molecule has 1 heterocycles. The van der Waals surface area contributed by atoms with Crippen molar-refractivity contribution >= 4 is 5.69 Å². The minimum atomic E-state index is -1.64.